The molecule has 0 fully saturated rings. The van der Waals surface area contributed by atoms with Gasteiger partial charge >= 0.3 is 0 Å². The third-order valence-corrected chi connectivity index (χ3v) is 3.05. The average molecular weight is 300 g/mol. The van der Waals surface area contributed by atoms with E-state index >= 15 is 0 Å². The van der Waals surface area contributed by atoms with Crippen molar-refractivity contribution in [2.45, 2.75) is 13.8 Å². The normalized spacial score (nSPS) is 10.2. The molecule has 114 valence electrons. The largest absolute Gasteiger partial charge is 0.497 e. The standard InChI is InChI=1S/C16H16N2O4/c1-9(19)13-5-11(21-3)7-15(17-13)16-8-12(22-4)6-14(18-16)10(2)20/h5-8H,1-4H3. The fourth-order valence-electron chi connectivity index (χ4n) is 1.87. The SMILES string of the molecule is COc1cc(C(C)=O)nc(-c2cc(OC)cc(C(C)=O)n2)c1. The molecule has 0 bridgehead atoms. The quantitative estimate of drug-likeness (QED) is 0.790. The van der Waals surface area contributed by atoms with E-state index in [9.17, 15) is 9.59 Å². The monoisotopic (exact) mass is 300 g/mol. The molecule has 0 saturated heterocycles. The number of ether oxygens (including phenoxy) is 2. The third kappa shape index (κ3) is 3.28. The highest BCUT2D eigenvalue weighted by Gasteiger charge is 2.13. The molecule has 0 aromatic carbocycles. The van der Waals surface area contributed by atoms with E-state index in [1.807, 2.05) is 0 Å². The molecule has 2 aromatic rings. The van der Waals surface area contributed by atoms with Gasteiger partial charge in [-0.15, -0.1) is 0 Å². The van der Waals surface area contributed by atoms with Crippen molar-refractivity contribution in [2.24, 2.45) is 0 Å². The number of carbonyl (C=O) groups excluding carboxylic acids is 2. The van der Waals surface area contributed by atoms with Crippen molar-refractivity contribution in [3.05, 3.63) is 35.7 Å². The van der Waals surface area contributed by atoms with Crippen LogP contribution in [0.1, 0.15) is 34.8 Å². The van der Waals surface area contributed by atoms with Crippen LogP contribution >= 0.6 is 0 Å². The van der Waals surface area contributed by atoms with E-state index in [4.69, 9.17) is 9.47 Å². The van der Waals surface area contributed by atoms with E-state index in [1.165, 1.54) is 28.1 Å². The summed E-state index contributed by atoms with van der Waals surface area (Å²) in [5, 5.41) is 0. The maximum atomic E-state index is 11.6. The number of aromatic nitrogens is 2. The predicted octanol–water partition coefficient (Wildman–Crippen LogP) is 2.57. The van der Waals surface area contributed by atoms with Crippen molar-refractivity contribution in [3.63, 3.8) is 0 Å². The van der Waals surface area contributed by atoms with Gasteiger partial charge in [0.2, 0.25) is 0 Å². The van der Waals surface area contributed by atoms with Crippen LogP contribution in [-0.4, -0.2) is 35.8 Å². The molecule has 0 N–H and O–H groups in total. The maximum Gasteiger partial charge on any atom is 0.178 e. The number of carbonyl (C=O) groups is 2. The highest BCUT2D eigenvalue weighted by molar-refractivity contribution is 5.94. The van der Waals surface area contributed by atoms with Gasteiger partial charge in [0.15, 0.2) is 11.6 Å². The lowest BCUT2D eigenvalue weighted by atomic mass is 10.1. The summed E-state index contributed by atoms with van der Waals surface area (Å²) in [6.45, 7) is 2.84. The average Bonchev–Trinajstić information content (AvgIpc) is 2.53. The Kier molecular flexibility index (Phi) is 4.50. The van der Waals surface area contributed by atoms with E-state index in [0.717, 1.165) is 0 Å². The lowest BCUT2D eigenvalue weighted by Crippen LogP contribution is -2.03. The molecule has 2 aromatic heterocycles. The molecular formula is C16H16N2O4. The summed E-state index contributed by atoms with van der Waals surface area (Å²) in [5.41, 5.74) is 1.41. The molecule has 0 amide bonds. The first-order valence-electron chi connectivity index (χ1n) is 6.59. The van der Waals surface area contributed by atoms with Gasteiger partial charge in [-0.2, -0.15) is 0 Å². The van der Waals surface area contributed by atoms with Crippen molar-refractivity contribution < 1.29 is 19.1 Å². The molecule has 0 radical (unpaired) electrons. The van der Waals surface area contributed by atoms with Crippen LogP contribution in [0.25, 0.3) is 11.4 Å². The second kappa shape index (κ2) is 6.34. The highest BCUT2D eigenvalue weighted by Crippen LogP contribution is 2.26. The van der Waals surface area contributed by atoms with Gasteiger partial charge in [-0.3, -0.25) is 9.59 Å². The van der Waals surface area contributed by atoms with Gasteiger partial charge < -0.3 is 9.47 Å². The van der Waals surface area contributed by atoms with Crippen LogP contribution in [0.4, 0.5) is 0 Å². The van der Waals surface area contributed by atoms with Crippen molar-refractivity contribution in [1.29, 1.82) is 0 Å². The van der Waals surface area contributed by atoms with Gasteiger partial charge in [-0.1, -0.05) is 0 Å². The van der Waals surface area contributed by atoms with Crippen LogP contribution in [0.3, 0.4) is 0 Å². The van der Waals surface area contributed by atoms with E-state index in [0.29, 0.717) is 22.9 Å². The Labute approximate surface area is 128 Å². The van der Waals surface area contributed by atoms with Gasteiger partial charge in [-0.05, 0) is 0 Å². The van der Waals surface area contributed by atoms with Gasteiger partial charge in [-0.25, -0.2) is 9.97 Å². The van der Waals surface area contributed by atoms with Crippen LogP contribution in [0, 0.1) is 0 Å². The lowest BCUT2D eigenvalue weighted by Gasteiger charge is -2.09. The van der Waals surface area contributed by atoms with Crippen LogP contribution in [0.5, 0.6) is 11.5 Å². The Morgan fingerprint density at radius 1 is 0.773 bits per heavy atom. The zero-order valence-corrected chi connectivity index (χ0v) is 12.8. The first-order chi connectivity index (χ1) is 10.4. The van der Waals surface area contributed by atoms with Gasteiger partial charge in [0, 0.05) is 38.1 Å². The number of pyridine rings is 2. The van der Waals surface area contributed by atoms with E-state index < -0.39 is 0 Å². The Morgan fingerprint density at radius 3 is 1.41 bits per heavy atom. The number of nitrogens with zero attached hydrogens (tertiary/aromatic N) is 2. The van der Waals surface area contributed by atoms with Crippen LogP contribution < -0.4 is 9.47 Å². The summed E-state index contributed by atoms with van der Waals surface area (Å²) in [6, 6.07) is 6.41. The summed E-state index contributed by atoms with van der Waals surface area (Å²) in [6.07, 6.45) is 0. The molecule has 2 rings (SSSR count). The van der Waals surface area contributed by atoms with Crippen LogP contribution in [0.2, 0.25) is 0 Å². The highest BCUT2D eigenvalue weighted by atomic mass is 16.5. The Balaban J connectivity index is 2.64. The molecule has 0 aliphatic heterocycles. The minimum absolute atomic E-state index is 0.185. The summed E-state index contributed by atoms with van der Waals surface area (Å²) in [5.74, 6) is 0.609. The van der Waals surface area contributed by atoms with Gasteiger partial charge in [0.25, 0.3) is 0 Å². The van der Waals surface area contributed by atoms with Crippen molar-refractivity contribution >= 4 is 11.6 Å². The molecule has 22 heavy (non-hydrogen) atoms. The Bertz CT molecular complexity index is 677. The number of ketones is 2. The van der Waals surface area contributed by atoms with Crippen molar-refractivity contribution in [3.8, 4) is 22.9 Å². The topological polar surface area (TPSA) is 78.4 Å². The predicted molar refractivity (Wildman–Crippen MR) is 80.6 cm³/mol. The number of hydrogen-bond acceptors (Lipinski definition) is 6. The molecular weight excluding hydrogens is 284 g/mol. The summed E-state index contributed by atoms with van der Waals surface area (Å²) in [4.78, 5) is 31.7. The number of Topliss-reactive ketones (excluding diaryl/α,β-unsaturated/α-hetero) is 2. The molecule has 0 unspecified atom stereocenters. The second-order valence-electron chi connectivity index (χ2n) is 4.67. The maximum absolute atomic E-state index is 11.6. The fourth-order valence-corrected chi connectivity index (χ4v) is 1.87. The summed E-state index contributed by atoms with van der Waals surface area (Å²) in [7, 11) is 3.01. The third-order valence-electron chi connectivity index (χ3n) is 3.05. The minimum atomic E-state index is -0.185. The minimum Gasteiger partial charge on any atom is -0.497 e. The zero-order chi connectivity index (χ0) is 16.3. The molecule has 0 atom stereocenters. The number of rotatable bonds is 5. The molecule has 0 spiro atoms. The Hall–Kier alpha value is -2.76. The van der Waals surface area contributed by atoms with Gasteiger partial charge in [0.1, 0.15) is 22.9 Å². The van der Waals surface area contributed by atoms with Crippen molar-refractivity contribution in [1.82, 2.24) is 9.97 Å². The molecule has 0 saturated carbocycles. The number of methoxy groups -OCH3 is 2. The van der Waals surface area contributed by atoms with Crippen molar-refractivity contribution in [2.75, 3.05) is 14.2 Å². The van der Waals surface area contributed by atoms with E-state index in [-0.39, 0.29) is 23.0 Å². The second-order valence-corrected chi connectivity index (χ2v) is 4.67. The molecule has 6 heteroatoms. The zero-order valence-electron chi connectivity index (χ0n) is 12.8. The molecule has 2 heterocycles. The summed E-state index contributed by atoms with van der Waals surface area (Å²) < 4.78 is 10.4. The Morgan fingerprint density at radius 2 is 1.14 bits per heavy atom. The molecule has 6 nitrogen and oxygen atoms in total. The fraction of sp³-hybridized carbons (Fsp3) is 0.250. The van der Waals surface area contributed by atoms with E-state index in [2.05, 4.69) is 9.97 Å². The van der Waals surface area contributed by atoms with Crippen LogP contribution in [0.15, 0.2) is 24.3 Å². The molecule has 0 aliphatic carbocycles. The first-order valence-corrected chi connectivity index (χ1v) is 6.59. The number of hydrogen-bond donors (Lipinski definition) is 0. The lowest BCUT2D eigenvalue weighted by molar-refractivity contribution is 0.1000. The van der Waals surface area contributed by atoms with Gasteiger partial charge in [0.05, 0.1) is 25.6 Å². The van der Waals surface area contributed by atoms with Crippen LogP contribution in [-0.2, 0) is 0 Å². The molecule has 0 aliphatic rings. The first kappa shape index (κ1) is 15.6. The van der Waals surface area contributed by atoms with E-state index in [1.54, 1.807) is 24.3 Å². The smallest absolute Gasteiger partial charge is 0.178 e. The summed E-state index contributed by atoms with van der Waals surface area (Å²) >= 11 is 0.